The molecule has 5 nitrogen and oxygen atoms in total. The maximum absolute atomic E-state index is 13.1. The van der Waals surface area contributed by atoms with Gasteiger partial charge in [-0.15, -0.1) is 17.9 Å². The van der Waals surface area contributed by atoms with Gasteiger partial charge in [-0.25, -0.2) is 0 Å². The first kappa shape index (κ1) is 25.2. The Bertz CT molecular complexity index is 1070. The zero-order valence-corrected chi connectivity index (χ0v) is 22.3. The predicted molar refractivity (Wildman–Crippen MR) is 142 cm³/mol. The normalized spacial score (nSPS) is 27.4. The van der Waals surface area contributed by atoms with E-state index >= 15 is 0 Å². The number of thiophene rings is 1. The molecule has 0 radical (unpaired) electrons. The molecule has 2 aromatic rings. The van der Waals surface area contributed by atoms with Crippen LogP contribution in [-0.4, -0.2) is 66.2 Å². The van der Waals surface area contributed by atoms with Crippen LogP contribution < -0.4 is 4.74 Å². The number of carbonyl (C=O) groups excluding carboxylic acids is 1. The number of amides is 1. The van der Waals surface area contributed by atoms with Crippen LogP contribution in [-0.2, 0) is 10.2 Å². The van der Waals surface area contributed by atoms with Gasteiger partial charge in [-0.05, 0) is 78.0 Å². The number of hydrogen-bond donors (Lipinski definition) is 1. The van der Waals surface area contributed by atoms with Crippen molar-refractivity contribution in [3.05, 3.63) is 69.4 Å². The van der Waals surface area contributed by atoms with Gasteiger partial charge < -0.3 is 14.7 Å². The minimum Gasteiger partial charge on any atom is -0.497 e. The van der Waals surface area contributed by atoms with Gasteiger partial charge in [-0.2, -0.15) is 0 Å². The Hall–Kier alpha value is -1.93. The molecule has 0 bridgehead atoms. The Kier molecular flexibility index (Phi) is 7.67. The van der Waals surface area contributed by atoms with Gasteiger partial charge in [0, 0.05) is 52.4 Å². The van der Waals surface area contributed by atoms with Crippen molar-refractivity contribution in [2.75, 3.05) is 33.8 Å². The highest BCUT2D eigenvalue weighted by Gasteiger charge is 2.58. The second kappa shape index (κ2) is 10.4. The van der Waals surface area contributed by atoms with E-state index in [4.69, 9.17) is 4.74 Å². The molecule has 3 atom stereocenters. The van der Waals surface area contributed by atoms with E-state index in [-0.39, 0.29) is 11.9 Å². The maximum Gasteiger partial charge on any atom is 0.246 e. The molecule has 1 N–H and O–H groups in total. The maximum atomic E-state index is 13.1. The molecule has 1 aromatic carbocycles. The van der Waals surface area contributed by atoms with Gasteiger partial charge >= 0.3 is 0 Å². The van der Waals surface area contributed by atoms with Crippen LogP contribution in [0.1, 0.15) is 36.1 Å². The van der Waals surface area contributed by atoms with E-state index in [0.29, 0.717) is 13.0 Å². The summed E-state index contributed by atoms with van der Waals surface area (Å²) in [5.74, 6) is 0.782. The first-order valence-corrected chi connectivity index (χ1v) is 13.4. The lowest BCUT2D eigenvalue weighted by atomic mass is 9.55. The number of hydrogen-bond acceptors (Lipinski definition) is 5. The van der Waals surface area contributed by atoms with Crippen LogP contribution in [0, 0.1) is 0 Å². The number of nitrogens with zero attached hydrogens (tertiary/aromatic N) is 2. The highest BCUT2D eigenvalue weighted by atomic mass is 79.9. The van der Waals surface area contributed by atoms with Gasteiger partial charge in [-0.3, -0.25) is 9.69 Å². The fraction of sp³-hybridized carbons (Fsp3) is 0.444. The van der Waals surface area contributed by atoms with Crippen molar-refractivity contribution < 1.29 is 14.6 Å². The van der Waals surface area contributed by atoms with Crippen LogP contribution >= 0.6 is 27.3 Å². The minimum atomic E-state index is -0.875. The Morgan fingerprint density at radius 1 is 1.41 bits per heavy atom. The zero-order valence-electron chi connectivity index (χ0n) is 19.9. The number of piperidine rings is 1. The standard InChI is InChI=1S/C27H33BrN2O3S/c1-4-13-30-14-12-26(20-6-5-7-23(15-20)33-3)17-22(10-11-27(26,32)19-30)29(2)25(31)9-8-24-16-21(28)18-34-24/h4-9,15-16,18,22,32H,1,10-14,17,19H2,2-3H3/b9-8+/t22-,26+,27+/m1/s1. The van der Waals surface area contributed by atoms with Crippen molar-refractivity contribution >= 4 is 39.2 Å². The molecule has 1 aliphatic carbocycles. The van der Waals surface area contributed by atoms with E-state index in [1.54, 1.807) is 24.5 Å². The summed E-state index contributed by atoms with van der Waals surface area (Å²) in [6.07, 6.45) is 8.38. The summed E-state index contributed by atoms with van der Waals surface area (Å²) in [7, 11) is 3.56. The number of β-amino-alcohol motifs (C(OH)–C–C–N with tert-alkyl or cyclic N) is 1. The number of aliphatic hydroxyl groups is 1. The van der Waals surface area contributed by atoms with Crippen molar-refractivity contribution in [2.45, 2.75) is 42.7 Å². The molecule has 1 aliphatic heterocycles. The van der Waals surface area contributed by atoms with Crippen molar-refractivity contribution in [1.29, 1.82) is 0 Å². The van der Waals surface area contributed by atoms with Crippen molar-refractivity contribution in [3.8, 4) is 5.75 Å². The van der Waals surface area contributed by atoms with E-state index in [1.807, 2.05) is 47.7 Å². The van der Waals surface area contributed by atoms with Gasteiger partial charge in [0.15, 0.2) is 0 Å². The summed E-state index contributed by atoms with van der Waals surface area (Å²) >= 11 is 5.06. The van der Waals surface area contributed by atoms with Crippen molar-refractivity contribution in [3.63, 3.8) is 0 Å². The third-order valence-electron chi connectivity index (χ3n) is 7.59. The molecule has 182 valence electrons. The third-order valence-corrected chi connectivity index (χ3v) is 9.25. The molecule has 7 heteroatoms. The van der Waals surface area contributed by atoms with Crippen LogP contribution in [0.15, 0.2) is 58.9 Å². The third kappa shape index (κ3) is 4.89. The van der Waals surface area contributed by atoms with Crippen LogP contribution in [0.3, 0.4) is 0 Å². The number of rotatable bonds is 7. The molecule has 1 saturated heterocycles. The van der Waals surface area contributed by atoms with Crippen LogP contribution in [0.5, 0.6) is 5.75 Å². The van der Waals surface area contributed by atoms with E-state index in [0.717, 1.165) is 53.0 Å². The molecule has 2 heterocycles. The number of likely N-dealkylation sites (N-methyl/N-ethyl adjacent to an activating group) is 1. The number of carbonyl (C=O) groups is 1. The zero-order chi connectivity index (χ0) is 24.3. The van der Waals surface area contributed by atoms with Crippen LogP contribution in [0.25, 0.3) is 6.08 Å². The predicted octanol–water partition coefficient (Wildman–Crippen LogP) is 5.10. The SMILES string of the molecule is C=CCN1CC[C@@]2(c3cccc(OC)c3)C[C@H](N(C)C(=O)/C=C/c3cc(Br)cs3)CC[C@]2(O)C1. The summed E-state index contributed by atoms with van der Waals surface area (Å²) in [6, 6.07) is 10.2. The molecule has 0 unspecified atom stereocenters. The Morgan fingerprint density at radius 2 is 2.24 bits per heavy atom. The molecule has 1 aromatic heterocycles. The minimum absolute atomic E-state index is 0.00940. The van der Waals surface area contributed by atoms with E-state index in [9.17, 15) is 9.90 Å². The first-order chi connectivity index (χ1) is 16.3. The average molecular weight is 546 g/mol. The molecular formula is C27H33BrN2O3S. The van der Waals surface area contributed by atoms with Gasteiger partial charge in [0.2, 0.25) is 5.91 Å². The van der Waals surface area contributed by atoms with Crippen molar-refractivity contribution in [2.24, 2.45) is 0 Å². The highest BCUT2D eigenvalue weighted by molar-refractivity contribution is 9.10. The fourth-order valence-electron chi connectivity index (χ4n) is 5.69. The Labute approximate surface area is 214 Å². The van der Waals surface area contributed by atoms with Gasteiger partial charge in [0.25, 0.3) is 0 Å². The molecule has 2 fully saturated rings. The lowest BCUT2D eigenvalue weighted by molar-refractivity contribution is -0.143. The van der Waals surface area contributed by atoms with E-state index in [2.05, 4.69) is 39.5 Å². The van der Waals surface area contributed by atoms with Gasteiger partial charge in [0.05, 0.1) is 12.7 Å². The van der Waals surface area contributed by atoms with E-state index < -0.39 is 11.0 Å². The fourth-order valence-corrected chi connectivity index (χ4v) is 7.03. The summed E-state index contributed by atoms with van der Waals surface area (Å²) in [4.78, 5) is 18.2. The largest absolute Gasteiger partial charge is 0.497 e. The van der Waals surface area contributed by atoms with E-state index in [1.165, 1.54) is 0 Å². The Balaban J connectivity index is 1.61. The number of fused-ring (bicyclic) bond motifs is 1. The highest BCUT2D eigenvalue weighted by Crippen LogP contribution is 2.52. The number of methoxy groups -OCH3 is 1. The topological polar surface area (TPSA) is 53.0 Å². The second-order valence-electron chi connectivity index (χ2n) is 9.47. The number of likely N-dealkylation sites (tertiary alicyclic amines) is 1. The smallest absolute Gasteiger partial charge is 0.246 e. The first-order valence-electron chi connectivity index (χ1n) is 11.7. The lowest BCUT2D eigenvalue weighted by Crippen LogP contribution is -2.67. The molecular weight excluding hydrogens is 512 g/mol. The quantitative estimate of drug-likeness (QED) is 0.389. The molecule has 1 amide bonds. The number of benzene rings is 1. The monoisotopic (exact) mass is 544 g/mol. The van der Waals surface area contributed by atoms with Crippen molar-refractivity contribution in [1.82, 2.24) is 9.80 Å². The summed E-state index contributed by atoms with van der Waals surface area (Å²) < 4.78 is 6.54. The lowest BCUT2D eigenvalue weighted by Gasteiger charge is -2.59. The molecule has 34 heavy (non-hydrogen) atoms. The van der Waals surface area contributed by atoms with Crippen LogP contribution in [0.2, 0.25) is 0 Å². The summed E-state index contributed by atoms with van der Waals surface area (Å²) in [5, 5.41) is 14.1. The summed E-state index contributed by atoms with van der Waals surface area (Å²) in [6.45, 7) is 6.13. The molecule has 1 saturated carbocycles. The number of ether oxygens (including phenoxy) is 1. The Morgan fingerprint density at radius 3 is 2.94 bits per heavy atom. The molecule has 2 aliphatic rings. The van der Waals surface area contributed by atoms with Crippen LogP contribution in [0.4, 0.5) is 0 Å². The second-order valence-corrected chi connectivity index (χ2v) is 11.3. The molecule has 0 spiro atoms. The average Bonchev–Trinajstić information content (AvgIpc) is 3.26. The molecule has 4 rings (SSSR count). The number of halogens is 1. The van der Waals surface area contributed by atoms with Gasteiger partial charge in [-0.1, -0.05) is 18.2 Å². The summed E-state index contributed by atoms with van der Waals surface area (Å²) in [5.41, 5.74) is -0.226. The van der Waals surface area contributed by atoms with Gasteiger partial charge in [0.1, 0.15) is 5.75 Å².